The third-order valence-corrected chi connectivity index (χ3v) is 5.01. The summed E-state index contributed by atoms with van der Waals surface area (Å²) in [6, 6.07) is 3.42. The first-order valence-corrected chi connectivity index (χ1v) is 8.54. The normalized spacial score (nSPS) is 23.1. The Morgan fingerprint density at radius 1 is 1.31 bits per heavy atom. The molecule has 26 heavy (non-hydrogen) atoms. The van der Waals surface area contributed by atoms with Crippen molar-refractivity contribution in [2.45, 2.75) is 31.6 Å². The molecule has 2 bridgehead atoms. The highest BCUT2D eigenvalue weighted by Crippen LogP contribution is 2.35. The van der Waals surface area contributed by atoms with Gasteiger partial charge >= 0.3 is 12.1 Å². The number of hydrogen-bond donors (Lipinski definition) is 1. The Morgan fingerprint density at radius 2 is 2.04 bits per heavy atom. The van der Waals surface area contributed by atoms with E-state index in [1.165, 1.54) is 7.05 Å². The molecule has 6 nitrogen and oxygen atoms in total. The molecule has 144 valence electrons. The molecule has 0 aliphatic carbocycles. The van der Waals surface area contributed by atoms with Gasteiger partial charge in [0.05, 0.1) is 13.1 Å². The molecule has 3 rings (SSSR count). The summed E-state index contributed by atoms with van der Waals surface area (Å²) >= 11 is 0. The molecular formula is C17H22F3N3O3. The number of aliphatic carboxylic acids is 1. The van der Waals surface area contributed by atoms with Crippen LogP contribution < -0.4 is 5.56 Å². The summed E-state index contributed by atoms with van der Waals surface area (Å²) in [6.07, 6.45) is -3.40. The molecule has 0 spiro atoms. The number of halogens is 3. The minimum Gasteiger partial charge on any atom is -0.480 e. The molecule has 1 N–H and O–H groups in total. The van der Waals surface area contributed by atoms with Crippen molar-refractivity contribution in [2.75, 3.05) is 33.2 Å². The number of likely N-dealkylation sites (tertiary alicyclic amines) is 1. The van der Waals surface area contributed by atoms with Gasteiger partial charge < -0.3 is 9.67 Å². The van der Waals surface area contributed by atoms with Crippen molar-refractivity contribution in [3.8, 4) is 0 Å². The van der Waals surface area contributed by atoms with E-state index < -0.39 is 18.7 Å². The number of hydrogen-bond acceptors (Lipinski definition) is 4. The second-order valence-electron chi connectivity index (χ2n) is 7.37. The Balaban J connectivity index is 1.79. The third-order valence-electron chi connectivity index (χ3n) is 5.01. The molecule has 0 radical (unpaired) electrons. The van der Waals surface area contributed by atoms with Gasteiger partial charge in [0, 0.05) is 43.4 Å². The summed E-state index contributed by atoms with van der Waals surface area (Å²) < 4.78 is 39.2. The van der Waals surface area contributed by atoms with Gasteiger partial charge in [-0.05, 0) is 25.5 Å². The number of rotatable bonds is 5. The van der Waals surface area contributed by atoms with E-state index in [-0.39, 0.29) is 30.5 Å². The highest BCUT2D eigenvalue weighted by atomic mass is 19.4. The summed E-state index contributed by atoms with van der Waals surface area (Å²) in [7, 11) is 1.34. The number of carboxylic acid groups (broad SMARTS) is 1. The van der Waals surface area contributed by atoms with Gasteiger partial charge in [-0.15, -0.1) is 0 Å². The van der Waals surface area contributed by atoms with Crippen molar-refractivity contribution in [3.05, 3.63) is 33.7 Å². The third kappa shape index (κ3) is 4.27. The first-order chi connectivity index (χ1) is 12.1. The van der Waals surface area contributed by atoms with Crippen LogP contribution in [0, 0.1) is 5.92 Å². The molecule has 2 atom stereocenters. The van der Waals surface area contributed by atoms with Crippen molar-refractivity contribution in [1.29, 1.82) is 0 Å². The second-order valence-corrected chi connectivity index (χ2v) is 7.37. The van der Waals surface area contributed by atoms with E-state index in [1.54, 1.807) is 10.6 Å². The lowest BCUT2D eigenvalue weighted by Gasteiger charge is -2.42. The first kappa shape index (κ1) is 18.9. The van der Waals surface area contributed by atoms with Gasteiger partial charge in [-0.2, -0.15) is 13.2 Å². The number of piperidine rings is 1. The number of alkyl halides is 3. The number of nitrogens with zero attached hydrogens (tertiary/aromatic N) is 3. The SMILES string of the molecule is CN(Cc1ccc2n(c1=O)C[C@H]1C[C@@H]2CN(CC(=O)O)C1)CC(F)(F)F. The van der Waals surface area contributed by atoms with Crippen LogP contribution >= 0.6 is 0 Å². The fourth-order valence-corrected chi connectivity index (χ4v) is 4.18. The van der Waals surface area contributed by atoms with E-state index in [0.717, 1.165) is 17.0 Å². The fraction of sp³-hybridized carbons (Fsp3) is 0.647. The quantitative estimate of drug-likeness (QED) is 0.844. The van der Waals surface area contributed by atoms with E-state index in [2.05, 4.69) is 0 Å². The average molecular weight is 373 g/mol. The second kappa shape index (κ2) is 7.03. The minimum absolute atomic E-state index is 0.0163. The number of aromatic nitrogens is 1. The molecule has 2 aliphatic heterocycles. The summed E-state index contributed by atoms with van der Waals surface area (Å²) in [5, 5.41) is 8.99. The van der Waals surface area contributed by atoms with E-state index >= 15 is 0 Å². The molecule has 1 aromatic rings. The lowest BCUT2D eigenvalue weighted by Crippen LogP contribution is -2.49. The maximum absolute atomic E-state index is 12.8. The fourth-order valence-electron chi connectivity index (χ4n) is 4.18. The van der Waals surface area contributed by atoms with Gasteiger partial charge in [-0.25, -0.2) is 0 Å². The number of carbonyl (C=O) groups is 1. The van der Waals surface area contributed by atoms with Crippen LogP contribution in [-0.4, -0.2) is 64.8 Å². The van der Waals surface area contributed by atoms with Gasteiger partial charge in [-0.3, -0.25) is 19.4 Å². The molecule has 0 aromatic carbocycles. The van der Waals surface area contributed by atoms with Gasteiger partial charge in [0.2, 0.25) is 0 Å². The van der Waals surface area contributed by atoms with Crippen molar-refractivity contribution >= 4 is 5.97 Å². The van der Waals surface area contributed by atoms with E-state index in [0.29, 0.717) is 25.2 Å². The largest absolute Gasteiger partial charge is 0.480 e. The zero-order chi connectivity index (χ0) is 19.1. The summed E-state index contributed by atoms with van der Waals surface area (Å²) in [5.74, 6) is -0.608. The van der Waals surface area contributed by atoms with Crippen LogP contribution in [0.3, 0.4) is 0 Å². The Hall–Kier alpha value is -1.87. The van der Waals surface area contributed by atoms with Gasteiger partial charge in [0.1, 0.15) is 0 Å². The van der Waals surface area contributed by atoms with Gasteiger partial charge in [-0.1, -0.05) is 6.07 Å². The van der Waals surface area contributed by atoms with E-state index in [9.17, 15) is 22.8 Å². The number of carboxylic acids is 1. The van der Waals surface area contributed by atoms with Gasteiger partial charge in [0.15, 0.2) is 0 Å². The van der Waals surface area contributed by atoms with Crippen molar-refractivity contribution < 1.29 is 23.1 Å². The number of pyridine rings is 1. The topological polar surface area (TPSA) is 65.8 Å². The van der Waals surface area contributed by atoms with Crippen LogP contribution in [0.25, 0.3) is 0 Å². The summed E-state index contributed by atoms with van der Waals surface area (Å²) in [6.45, 7) is 0.542. The first-order valence-electron chi connectivity index (χ1n) is 8.54. The van der Waals surface area contributed by atoms with Crippen LogP contribution in [0.15, 0.2) is 16.9 Å². The van der Waals surface area contributed by atoms with Crippen molar-refractivity contribution in [3.63, 3.8) is 0 Å². The Morgan fingerprint density at radius 3 is 2.69 bits per heavy atom. The molecule has 1 aromatic heterocycles. The molecule has 0 saturated carbocycles. The monoisotopic (exact) mass is 373 g/mol. The Kier molecular flexibility index (Phi) is 5.12. The van der Waals surface area contributed by atoms with Crippen LogP contribution in [0.5, 0.6) is 0 Å². The predicted molar refractivity (Wildman–Crippen MR) is 88.0 cm³/mol. The predicted octanol–water partition coefficient (Wildman–Crippen LogP) is 1.35. The van der Waals surface area contributed by atoms with E-state index in [1.807, 2.05) is 11.0 Å². The highest BCUT2D eigenvalue weighted by molar-refractivity contribution is 5.69. The van der Waals surface area contributed by atoms with Crippen LogP contribution in [0.1, 0.15) is 23.6 Å². The van der Waals surface area contributed by atoms with E-state index in [4.69, 9.17) is 5.11 Å². The molecule has 0 amide bonds. The lowest BCUT2D eigenvalue weighted by atomic mass is 9.83. The maximum Gasteiger partial charge on any atom is 0.401 e. The van der Waals surface area contributed by atoms with Crippen LogP contribution in [0.2, 0.25) is 0 Å². The molecule has 2 aliphatic rings. The number of fused-ring (bicyclic) bond motifs is 4. The maximum atomic E-state index is 12.8. The zero-order valence-electron chi connectivity index (χ0n) is 14.5. The molecule has 9 heteroatoms. The zero-order valence-corrected chi connectivity index (χ0v) is 14.5. The lowest BCUT2D eigenvalue weighted by molar-refractivity contribution is -0.144. The van der Waals surface area contributed by atoms with Crippen molar-refractivity contribution in [1.82, 2.24) is 14.4 Å². The van der Waals surface area contributed by atoms with Crippen molar-refractivity contribution in [2.24, 2.45) is 5.92 Å². The molecule has 1 fully saturated rings. The smallest absolute Gasteiger partial charge is 0.401 e. The van der Waals surface area contributed by atoms with Crippen LogP contribution in [-0.2, 0) is 17.9 Å². The Bertz CT molecular complexity index is 747. The van der Waals surface area contributed by atoms with Gasteiger partial charge in [0.25, 0.3) is 5.56 Å². The average Bonchev–Trinajstić information content (AvgIpc) is 2.48. The Labute approximate surface area is 148 Å². The molecule has 1 saturated heterocycles. The molecular weight excluding hydrogens is 351 g/mol. The molecule has 3 heterocycles. The standard InChI is InChI=1S/C17H22F3N3O3/c1-21(10-17(18,19)20)7-12-2-3-14-13-4-11(6-23(14)16(12)26)5-22(8-13)9-15(24)25/h2-3,11,13H,4-10H2,1H3,(H,24,25)/t11-,13+/m0/s1. The molecule has 0 unspecified atom stereocenters. The minimum atomic E-state index is -4.30. The highest BCUT2D eigenvalue weighted by Gasteiger charge is 2.35. The summed E-state index contributed by atoms with van der Waals surface area (Å²) in [4.78, 5) is 26.7. The van der Waals surface area contributed by atoms with Crippen LogP contribution in [0.4, 0.5) is 13.2 Å². The summed E-state index contributed by atoms with van der Waals surface area (Å²) in [5.41, 5.74) is 0.962.